The number of hydrogen-bond acceptors (Lipinski definition) is 5. The lowest BCUT2D eigenvalue weighted by Crippen LogP contribution is -2.26. The van der Waals surface area contributed by atoms with Gasteiger partial charge in [-0.05, 0) is 31.2 Å². The lowest BCUT2D eigenvalue weighted by Gasteiger charge is -2.14. The van der Waals surface area contributed by atoms with E-state index in [0.717, 1.165) is 15.5 Å². The van der Waals surface area contributed by atoms with E-state index < -0.39 is 5.97 Å². The second kappa shape index (κ2) is 5.06. The van der Waals surface area contributed by atoms with Crippen LogP contribution >= 0.6 is 11.8 Å². The molecule has 0 aromatic rings. The Morgan fingerprint density at radius 3 is 2.78 bits per heavy atom. The smallest absolute Gasteiger partial charge is 0.313 e. The highest BCUT2D eigenvalue weighted by molar-refractivity contribution is 8.17. The van der Waals surface area contributed by atoms with E-state index in [4.69, 9.17) is 4.74 Å². The summed E-state index contributed by atoms with van der Waals surface area (Å²) in [6.45, 7) is 5.92. The molecule has 1 amide bonds. The summed E-state index contributed by atoms with van der Waals surface area (Å²) in [5, 5.41) is 0.726. The first-order valence-corrected chi connectivity index (χ1v) is 6.55. The first-order chi connectivity index (χ1) is 8.52. The molecule has 0 N–H and O–H groups in total. The molecule has 2 rings (SSSR count). The van der Waals surface area contributed by atoms with Crippen molar-refractivity contribution in [2.45, 2.75) is 27.2 Å². The van der Waals surface area contributed by atoms with Crippen molar-refractivity contribution in [2.75, 3.05) is 6.61 Å². The van der Waals surface area contributed by atoms with Crippen molar-refractivity contribution in [3.05, 3.63) is 10.5 Å². The van der Waals surface area contributed by atoms with Crippen LogP contribution in [0, 0.1) is 5.92 Å². The Kier molecular flexibility index (Phi) is 3.65. The number of hydrogen-bond donors (Lipinski definition) is 0. The number of fused-ring (bicyclic) bond motifs is 1. The van der Waals surface area contributed by atoms with E-state index in [0.29, 0.717) is 6.61 Å². The maximum atomic E-state index is 11.9. The van der Waals surface area contributed by atoms with Crippen molar-refractivity contribution in [3.8, 4) is 0 Å². The molecule has 0 bridgehead atoms. The third-order valence-electron chi connectivity index (χ3n) is 2.83. The zero-order valence-corrected chi connectivity index (χ0v) is 11.3. The molecule has 96 valence electrons. The van der Waals surface area contributed by atoms with Gasteiger partial charge in [0.05, 0.1) is 11.7 Å². The number of nitrogens with zero attached hydrogens (tertiary/aromatic N) is 2. The van der Waals surface area contributed by atoms with Crippen LogP contribution in [0.25, 0.3) is 0 Å². The molecule has 1 unspecified atom stereocenters. The van der Waals surface area contributed by atoms with Gasteiger partial charge in [0.1, 0.15) is 18.2 Å². The van der Waals surface area contributed by atoms with Gasteiger partial charge in [0.15, 0.2) is 0 Å². The fraction of sp³-hybridized carbons (Fsp3) is 0.500. The van der Waals surface area contributed by atoms with E-state index in [1.54, 1.807) is 6.92 Å². The molecule has 2 aliphatic rings. The third-order valence-corrected chi connectivity index (χ3v) is 3.99. The van der Waals surface area contributed by atoms with Crippen LogP contribution in [0.15, 0.2) is 20.5 Å². The van der Waals surface area contributed by atoms with E-state index >= 15 is 0 Å². The molecule has 1 atom stereocenters. The average molecular weight is 266 g/mol. The third kappa shape index (κ3) is 2.38. The highest BCUT2D eigenvalue weighted by Crippen LogP contribution is 2.40. The molecule has 0 saturated heterocycles. The standard InChI is InChI=1S/C12H14N2O3S/c1-4-17-9(15)5-8-13-11(16)10-6(2)7(3)18-12(10)14-8/h10H,4-5H2,1-3H3. The van der Waals surface area contributed by atoms with Gasteiger partial charge in [-0.3, -0.25) is 9.59 Å². The second-order valence-corrected chi connectivity index (χ2v) is 5.31. The van der Waals surface area contributed by atoms with E-state index in [2.05, 4.69) is 9.98 Å². The van der Waals surface area contributed by atoms with Gasteiger partial charge >= 0.3 is 5.97 Å². The molecule has 18 heavy (non-hydrogen) atoms. The van der Waals surface area contributed by atoms with Crippen LogP contribution < -0.4 is 0 Å². The number of amides is 1. The summed E-state index contributed by atoms with van der Waals surface area (Å²) in [5.41, 5.74) is 1.00. The number of amidine groups is 1. The van der Waals surface area contributed by atoms with Crippen LogP contribution in [0.1, 0.15) is 27.2 Å². The summed E-state index contributed by atoms with van der Waals surface area (Å²) in [6.07, 6.45) is -0.0472. The van der Waals surface area contributed by atoms with Gasteiger partial charge in [0.2, 0.25) is 0 Å². The molecule has 0 aromatic heterocycles. The number of thioether (sulfide) groups is 1. The summed E-state index contributed by atoms with van der Waals surface area (Å²) in [7, 11) is 0. The second-order valence-electron chi connectivity index (χ2n) is 4.07. The van der Waals surface area contributed by atoms with Crippen LogP contribution in [0.3, 0.4) is 0 Å². The van der Waals surface area contributed by atoms with Crippen molar-refractivity contribution in [2.24, 2.45) is 15.9 Å². The number of carbonyl (C=O) groups excluding carboxylic acids is 2. The minimum atomic E-state index is -0.406. The normalized spacial score (nSPS) is 22.6. The van der Waals surface area contributed by atoms with Crippen molar-refractivity contribution in [3.63, 3.8) is 0 Å². The maximum Gasteiger partial charge on any atom is 0.313 e. The average Bonchev–Trinajstić information content (AvgIpc) is 2.55. The molecule has 0 radical (unpaired) electrons. The Bertz CT molecular complexity index is 505. The first kappa shape index (κ1) is 13.0. The summed E-state index contributed by atoms with van der Waals surface area (Å²) in [6, 6.07) is 0. The van der Waals surface area contributed by atoms with Crippen molar-refractivity contribution >= 4 is 34.5 Å². The van der Waals surface area contributed by atoms with E-state index in [1.807, 2.05) is 13.8 Å². The Morgan fingerprint density at radius 1 is 1.39 bits per heavy atom. The number of carbonyl (C=O) groups is 2. The van der Waals surface area contributed by atoms with Gasteiger partial charge in [0, 0.05) is 0 Å². The molecular formula is C12H14N2O3S. The van der Waals surface area contributed by atoms with Crippen LogP contribution in [0.4, 0.5) is 0 Å². The van der Waals surface area contributed by atoms with Crippen LogP contribution in [-0.4, -0.2) is 29.4 Å². The number of esters is 1. The van der Waals surface area contributed by atoms with Crippen LogP contribution in [0.2, 0.25) is 0 Å². The molecule has 0 spiro atoms. The van der Waals surface area contributed by atoms with Crippen molar-refractivity contribution in [1.82, 2.24) is 0 Å². The monoisotopic (exact) mass is 266 g/mol. The van der Waals surface area contributed by atoms with Gasteiger partial charge in [-0.1, -0.05) is 11.8 Å². The lowest BCUT2D eigenvalue weighted by atomic mass is 10.00. The summed E-state index contributed by atoms with van der Waals surface area (Å²) in [5.74, 6) is -0.724. The highest BCUT2D eigenvalue weighted by Gasteiger charge is 2.36. The minimum absolute atomic E-state index is 0.0472. The number of aliphatic imine (C=N–C) groups is 2. The number of ether oxygens (including phenoxy) is 1. The fourth-order valence-corrected chi connectivity index (χ4v) is 2.97. The van der Waals surface area contributed by atoms with Gasteiger partial charge in [-0.25, -0.2) is 4.99 Å². The van der Waals surface area contributed by atoms with Gasteiger partial charge < -0.3 is 4.74 Å². The summed E-state index contributed by atoms with van der Waals surface area (Å²) in [4.78, 5) is 32.5. The number of allylic oxidation sites excluding steroid dienone is 1. The van der Waals surface area contributed by atoms with Crippen molar-refractivity contribution < 1.29 is 14.3 Å². The largest absolute Gasteiger partial charge is 0.466 e. The molecule has 6 heteroatoms. The molecule has 0 fully saturated rings. The molecule has 0 aromatic carbocycles. The summed E-state index contributed by atoms with van der Waals surface area (Å²) >= 11 is 1.48. The Balaban J connectivity index is 2.15. The first-order valence-electron chi connectivity index (χ1n) is 5.73. The van der Waals surface area contributed by atoms with Gasteiger partial charge in [-0.2, -0.15) is 4.99 Å². The van der Waals surface area contributed by atoms with Crippen LogP contribution in [0.5, 0.6) is 0 Å². The summed E-state index contributed by atoms with van der Waals surface area (Å²) < 4.78 is 4.82. The quantitative estimate of drug-likeness (QED) is 0.732. The molecule has 5 nitrogen and oxygen atoms in total. The lowest BCUT2D eigenvalue weighted by molar-refractivity contribution is -0.141. The predicted molar refractivity (Wildman–Crippen MR) is 70.6 cm³/mol. The maximum absolute atomic E-state index is 11.9. The van der Waals surface area contributed by atoms with Gasteiger partial charge in [-0.15, -0.1) is 0 Å². The van der Waals surface area contributed by atoms with Gasteiger partial charge in [0.25, 0.3) is 5.91 Å². The van der Waals surface area contributed by atoms with E-state index in [-0.39, 0.29) is 24.1 Å². The SMILES string of the molecule is CCOC(=O)CC1=NC(=O)C2C(=N1)SC(C)=C2C. The minimum Gasteiger partial charge on any atom is -0.466 e. The fourth-order valence-electron chi connectivity index (χ4n) is 1.83. The Hall–Kier alpha value is -1.43. The molecule has 2 heterocycles. The predicted octanol–water partition coefficient (Wildman–Crippen LogP) is 1.93. The Labute approximate surface area is 109 Å². The van der Waals surface area contributed by atoms with E-state index in [1.165, 1.54) is 11.8 Å². The Morgan fingerprint density at radius 2 is 2.11 bits per heavy atom. The molecule has 0 aliphatic carbocycles. The van der Waals surface area contributed by atoms with Crippen LogP contribution in [-0.2, 0) is 14.3 Å². The van der Waals surface area contributed by atoms with Crippen molar-refractivity contribution in [1.29, 1.82) is 0 Å². The molecular weight excluding hydrogens is 252 g/mol. The zero-order valence-electron chi connectivity index (χ0n) is 10.5. The molecule has 2 aliphatic heterocycles. The number of rotatable bonds is 3. The van der Waals surface area contributed by atoms with E-state index in [9.17, 15) is 9.59 Å². The topological polar surface area (TPSA) is 68.1 Å². The molecule has 0 saturated carbocycles. The highest BCUT2D eigenvalue weighted by atomic mass is 32.2. The zero-order chi connectivity index (χ0) is 13.3.